The van der Waals surface area contributed by atoms with Crippen molar-refractivity contribution >= 4 is 5.91 Å². The molecule has 1 saturated heterocycles. The highest BCUT2D eigenvalue weighted by Gasteiger charge is 2.23. The van der Waals surface area contributed by atoms with Crippen LogP contribution in [0.3, 0.4) is 0 Å². The highest BCUT2D eigenvalue weighted by Crippen LogP contribution is 2.15. The molecular formula is C9H17NO2. The maximum atomic E-state index is 11.0. The van der Waals surface area contributed by atoms with E-state index in [1.807, 2.05) is 0 Å². The molecule has 0 spiro atoms. The van der Waals surface area contributed by atoms with Crippen molar-refractivity contribution in [2.75, 3.05) is 19.7 Å². The van der Waals surface area contributed by atoms with E-state index in [-0.39, 0.29) is 25.9 Å². The number of amides is 1. The second-order valence-corrected chi connectivity index (χ2v) is 2.83. The number of nitrogens with zero attached hydrogens (tertiary/aromatic N) is 1. The molecule has 0 aromatic carbocycles. The van der Waals surface area contributed by atoms with Crippen LogP contribution in [0.4, 0.5) is 0 Å². The first-order valence-electron chi connectivity index (χ1n) is 3.80. The Kier molecular flexibility index (Phi) is 4.59. The molecule has 1 N–H and O–H groups in total. The van der Waals surface area contributed by atoms with Crippen molar-refractivity contribution in [3.63, 3.8) is 0 Å². The maximum absolute atomic E-state index is 11.0. The molecule has 12 heavy (non-hydrogen) atoms. The van der Waals surface area contributed by atoms with Crippen LogP contribution in [0, 0.1) is 5.92 Å². The molecule has 1 atom stereocenters. The lowest BCUT2D eigenvalue weighted by Crippen LogP contribution is -2.27. The minimum absolute atomic E-state index is 0. The Labute approximate surface area is 73.7 Å². The topological polar surface area (TPSA) is 40.5 Å². The lowest BCUT2D eigenvalue weighted by atomic mass is 10.1. The fourth-order valence-corrected chi connectivity index (χ4v) is 1.31. The van der Waals surface area contributed by atoms with E-state index in [9.17, 15) is 4.79 Å². The average molecular weight is 171 g/mol. The second kappa shape index (κ2) is 4.93. The summed E-state index contributed by atoms with van der Waals surface area (Å²) in [6.07, 6.45) is 2.23. The van der Waals surface area contributed by atoms with Crippen LogP contribution in [0.25, 0.3) is 0 Å². The van der Waals surface area contributed by atoms with E-state index in [1.54, 1.807) is 4.90 Å². The van der Waals surface area contributed by atoms with Crippen molar-refractivity contribution in [2.24, 2.45) is 5.92 Å². The van der Waals surface area contributed by atoms with Crippen LogP contribution < -0.4 is 0 Å². The van der Waals surface area contributed by atoms with E-state index >= 15 is 0 Å². The van der Waals surface area contributed by atoms with Crippen molar-refractivity contribution in [1.82, 2.24) is 4.90 Å². The summed E-state index contributed by atoms with van der Waals surface area (Å²) in [6, 6.07) is 0. The van der Waals surface area contributed by atoms with Gasteiger partial charge in [-0.1, -0.05) is 14.0 Å². The summed E-state index contributed by atoms with van der Waals surface area (Å²) in [6.45, 7) is 5.03. The molecule has 1 aliphatic rings. The summed E-state index contributed by atoms with van der Waals surface area (Å²) >= 11 is 0. The molecule has 0 aromatic rings. The molecular weight excluding hydrogens is 154 g/mol. The van der Waals surface area contributed by atoms with Crippen LogP contribution in [-0.4, -0.2) is 35.6 Å². The summed E-state index contributed by atoms with van der Waals surface area (Å²) in [7, 11) is 0. The number of carbonyl (C=O) groups is 1. The number of aliphatic hydroxyl groups excluding tert-OH is 1. The van der Waals surface area contributed by atoms with E-state index in [4.69, 9.17) is 5.11 Å². The summed E-state index contributed by atoms with van der Waals surface area (Å²) in [5, 5.41) is 8.77. The maximum Gasteiger partial charge on any atom is 0.245 e. The number of aliphatic hydroxyl groups is 1. The molecule has 3 nitrogen and oxygen atoms in total. The van der Waals surface area contributed by atoms with Crippen LogP contribution in [-0.2, 0) is 4.79 Å². The van der Waals surface area contributed by atoms with Gasteiger partial charge < -0.3 is 10.0 Å². The lowest BCUT2D eigenvalue weighted by Gasteiger charge is -2.12. The Bertz CT molecular complexity index is 168. The lowest BCUT2D eigenvalue weighted by molar-refractivity contribution is -0.125. The van der Waals surface area contributed by atoms with Gasteiger partial charge in [0, 0.05) is 25.6 Å². The van der Waals surface area contributed by atoms with E-state index in [2.05, 4.69) is 6.58 Å². The largest absolute Gasteiger partial charge is 0.396 e. The summed E-state index contributed by atoms with van der Waals surface area (Å²) in [5.74, 6) is 0.250. The third kappa shape index (κ3) is 2.34. The van der Waals surface area contributed by atoms with E-state index < -0.39 is 0 Å². The second-order valence-electron chi connectivity index (χ2n) is 2.83. The molecule has 1 heterocycles. The summed E-state index contributed by atoms with van der Waals surface area (Å²) < 4.78 is 0. The third-order valence-electron chi connectivity index (χ3n) is 2.03. The van der Waals surface area contributed by atoms with Crippen LogP contribution in [0.1, 0.15) is 13.8 Å². The van der Waals surface area contributed by atoms with Gasteiger partial charge >= 0.3 is 0 Å². The normalized spacial score (nSPS) is 21.8. The Morgan fingerprint density at radius 2 is 2.42 bits per heavy atom. The van der Waals surface area contributed by atoms with Crippen LogP contribution in [0.2, 0.25) is 0 Å². The van der Waals surface area contributed by atoms with Gasteiger partial charge in [0.1, 0.15) is 0 Å². The highest BCUT2D eigenvalue weighted by molar-refractivity contribution is 5.87. The van der Waals surface area contributed by atoms with Crippen LogP contribution in [0.15, 0.2) is 12.7 Å². The Morgan fingerprint density at radius 1 is 1.75 bits per heavy atom. The van der Waals surface area contributed by atoms with Gasteiger partial charge in [-0.2, -0.15) is 0 Å². The molecule has 3 heteroatoms. The predicted molar refractivity (Wildman–Crippen MR) is 48.7 cm³/mol. The first kappa shape index (κ1) is 11.2. The zero-order valence-electron chi connectivity index (χ0n) is 6.49. The molecule has 0 saturated carbocycles. The van der Waals surface area contributed by atoms with Crippen molar-refractivity contribution in [2.45, 2.75) is 13.8 Å². The SMILES string of the molecule is C.C=CC(=O)N1CC[C@H](CO)C1. The zero-order valence-corrected chi connectivity index (χ0v) is 6.49. The molecule has 0 aromatic heterocycles. The van der Waals surface area contributed by atoms with Crippen LogP contribution in [0.5, 0.6) is 0 Å². The van der Waals surface area contributed by atoms with Gasteiger partial charge in [-0.3, -0.25) is 4.79 Å². The van der Waals surface area contributed by atoms with Crippen molar-refractivity contribution in [1.29, 1.82) is 0 Å². The van der Waals surface area contributed by atoms with Crippen molar-refractivity contribution < 1.29 is 9.90 Å². The average Bonchev–Trinajstić information content (AvgIpc) is 2.50. The smallest absolute Gasteiger partial charge is 0.245 e. The first-order valence-corrected chi connectivity index (χ1v) is 3.80. The van der Waals surface area contributed by atoms with Gasteiger partial charge in [0.05, 0.1) is 0 Å². The van der Waals surface area contributed by atoms with Gasteiger partial charge in [0.2, 0.25) is 5.91 Å². The Morgan fingerprint density at radius 3 is 2.83 bits per heavy atom. The minimum atomic E-state index is -0.0269. The molecule has 0 aliphatic carbocycles. The molecule has 70 valence electrons. The van der Waals surface area contributed by atoms with E-state index in [0.717, 1.165) is 13.0 Å². The number of carbonyl (C=O) groups excluding carboxylic acids is 1. The highest BCUT2D eigenvalue weighted by atomic mass is 16.3. The van der Waals surface area contributed by atoms with E-state index in [1.165, 1.54) is 6.08 Å². The summed E-state index contributed by atoms with van der Waals surface area (Å²) in [5.41, 5.74) is 0. The first-order chi connectivity index (χ1) is 5.27. The number of likely N-dealkylation sites (tertiary alicyclic amines) is 1. The Balaban J connectivity index is 0.00000121. The molecule has 0 radical (unpaired) electrons. The number of rotatable bonds is 2. The summed E-state index contributed by atoms with van der Waals surface area (Å²) in [4.78, 5) is 12.7. The third-order valence-corrected chi connectivity index (χ3v) is 2.03. The van der Waals surface area contributed by atoms with Crippen molar-refractivity contribution in [3.05, 3.63) is 12.7 Å². The molecule has 1 aliphatic heterocycles. The number of hydrogen-bond donors (Lipinski definition) is 1. The van der Waals surface area contributed by atoms with Gasteiger partial charge in [0.15, 0.2) is 0 Å². The molecule has 1 fully saturated rings. The van der Waals surface area contributed by atoms with Gasteiger partial charge in [0.25, 0.3) is 0 Å². The monoisotopic (exact) mass is 171 g/mol. The predicted octanol–water partition coefficient (Wildman–Crippen LogP) is 0.649. The van der Waals surface area contributed by atoms with Gasteiger partial charge in [-0.05, 0) is 12.5 Å². The molecule has 0 bridgehead atoms. The van der Waals surface area contributed by atoms with Crippen molar-refractivity contribution in [3.8, 4) is 0 Å². The van der Waals surface area contributed by atoms with Crippen LogP contribution >= 0.6 is 0 Å². The Hall–Kier alpha value is -0.830. The fourth-order valence-electron chi connectivity index (χ4n) is 1.31. The molecule has 1 amide bonds. The van der Waals surface area contributed by atoms with Gasteiger partial charge in [-0.25, -0.2) is 0 Å². The standard InChI is InChI=1S/C8H13NO2.CH4/c1-2-8(11)9-4-3-7(5-9)6-10;/h2,7,10H,1,3-6H2;1H4/t7-;/m0./s1. The number of hydrogen-bond acceptors (Lipinski definition) is 2. The van der Waals surface area contributed by atoms with Gasteiger partial charge in [-0.15, -0.1) is 0 Å². The minimum Gasteiger partial charge on any atom is -0.396 e. The fraction of sp³-hybridized carbons (Fsp3) is 0.667. The zero-order chi connectivity index (χ0) is 8.27. The molecule has 0 unspecified atom stereocenters. The van der Waals surface area contributed by atoms with E-state index in [0.29, 0.717) is 6.54 Å². The quantitative estimate of drug-likeness (QED) is 0.620. The molecule has 1 rings (SSSR count).